The van der Waals surface area contributed by atoms with Gasteiger partial charge in [-0.2, -0.15) is 13.2 Å². The molecule has 11 heteroatoms. The Bertz CT molecular complexity index is 1580. The van der Waals surface area contributed by atoms with E-state index in [-0.39, 0.29) is 41.4 Å². The van der Waals surface area contributed by atoms with Gasteiger partial charge in [-0.15, -0.1) is 11.3 Å². The number of hydrogen-bond donors (Lipinski definition) is 0. The lowest BCUT2D eigenvalue weighted by Gasteiger charge is -2.27. The van der Waals surface area contributed by atoms with Crippen LogP contribution in [0.5, 0.6) is 5.75 Å². The number of likely N-dealkylation sites (N-methyl/N-ethyl adjacent to an activating group) is 1. The molecule has 0 atom stereocenters. The highest BCUT2D eigenvalue weighted by Crippen LogP contribution is 2.40. The zero-order chi connectivity index (χ0) is 29.0. The van der Waals surface area contributed by atoms with Gasteiger partial charge in [-0.1, -0.05) is 62.4 Å². The zero-order valence-corrected chi connectivity index (χ0v) is 23.3. The number of halogens is 3. The summed E-state index contributed by atoms with van der Waals surface area (Å²) < 4.78 is 47.8. The SMILES string of the molecule is CCN(CC)CCN(CC(F)(F)F)C(=O)c1sc2c(c1OC)c(=O)n(CC(=O)c1ccccc1)c1ccccc21. The molecular weight excluding hydrogens is 543 g/mol. The van der Waals surface area contributed by atoms with Gasteiger partial charge in [-0.25, -0.2) is 0 Å². The van der Waals surface area contributed by atoms with E-state index in [0.29, 0.717) is 34.3 Å². The number of fused-ring (bicyclic) bond motifs is 3. The number of amides is 1. The number of alkyl halides is 3. The Morgan fingerprint density at radius 2 is 1.62 bits per heavy atom. The van der Waals surface area contributed by atoms with E-state index in [1.165, 1.54) is 11.7 Å². The minimum Gasteiger partial charge on any atom is -0.494 e. The zero-order valence-electron chi connectivity index (χ0n) is 22.5. The molecule has 4 aromatic rings. The second kappa shape index (κ2) is 12.2. The minimum atomic E-state index is -4.61. The number of ether oxygens (including phenoxy) is 1. The highest BCUT2D eigenvalue weighted by atomic mass is 32.1. The van der Waals surface area contributed by atoms with Crippen molar-refractivity contribution in [2.75, 3.05) is 39.8 Å². The number of carbonyl (C=O) groups excluding carboxylic acids is 2. The van der Waals surface area contributed by atoms with Gasteiger partial charge >= 0.3 is 6.18 Å². The molecule has 0 aliphatic heterocycles. The molecule has 2 heterocycles. The molecule has 0 unspecified atom stereocenters. The third-order valence-electron chi connectivity index (χ3n) is 6.80. The number of nitrogens with zero attached hydrogens (tertiary/aromatic N) is 3. The average molecular weight is 574 g/mol. The molecule has 0 N–H and O–H groups in total. The van der Waals surface area contributed by atoms with Crippen molar-refractivity contribution >= 4 is 44.0 Å². The van der Waals surface area contributed by atoms with E-state index in [1.807, 2.05) is 18.7 Å². The van der Waals surface area contributed by atoms with E-state index >= 15 is 0 Å². The number of aromatic nitrogens is 1. The van der Waals surface area contributed by atoms with Crippen molar-refractivity contribution in [2.24, 2.45) is 0 Å². The molecular formula is C29H30F3N3O4S. The summed E-state index contributed by atoms with van der Waals surface area (Å²) in [6.45, 7) is 3.48. The topological polar surface area (TPSA) is 71.8 Å². The van der Waals surface area contributed by atoms with Gasteiger partial charge in [-0.05, 0) is 19.2 Å². The number of thiophene rings is 1. The molecule has 0 fully saturated rings. The second-order valence-corrected chi connectivity index (χ2v) is 10.3. The molecule has 0 radical (unpaired) electrons. The lowest BCUT2D eigenvalue weighted by atomic mass is 10.1. The molecule has 1 amide bonds. The summed E-state index contributed by atoms with van der Waals surface area (Å²) in [5.74, 6) is -1.24. The number of ketones is 1. The van der Waals surface area contributed by atoms with E-state index in [1.54, 1.807) is 54.6 Å². The highest BCUT2D eigenvalue weighted by Gasteiger charge is 2.36. The Hall–Kier alpha value is -3.70. The quantitative estimate of drug-likeness (QED) is 0.223. The molecule has 4 rings (SSSR count). The van der Waals surface area contributed by atoms with Crippen LogP contribution in [0.2, 0.25) is 0 Å². The molecule has 0 aliphatic carbocycles. The van der Waals surface area contributed by atoms with Gasteiger partial charge in [0.2, 0.25) is 0 Å². The van der Waals surface area contributed by atoms with Gasteiger partial charge in [0.05, 0.1) is 23.9 Å². The fourth-order valence-electron chi connectivity index (χ4n) is 4.71. The molecule has 0 saturated carbocycles. The Labute approximate surface area is 233 Å². The van der Waals surface area contributed by atoms with E-state index in [9.17, 15) is 27.6 Å². The first-order chi connectivity index (χ1) is 19.1. The Morgan fingerprint density at radius 1 is 0.975 bits per heavy atom. The number of Topliss-reactive ketones (excluding diaryl/α,β-unsaturated/α-hetero) is 1. The molecule has 2 aromatic carbocycles. The molecule has 0 bridgehead atoms. The summed E-state index contributed by atoms with van der Waals surface area (Å²) in [6, 6.07) is 15.5. The van der Waals surface area contributed by atoms with Crippen LogP contribution in [0, 0.1) is 0 Å². The first-order valence-corrected chi connectivity index (χ1v) is 13.7. The van der Waals surface area contributed by atoms with Crippen LogP contribution in [0.1, 0.15) is 33.9 Å². The van der Waals surface area contributed by atoms with Crippen molar-refractivity contribution in [1.29, 1.82) is 0 Å². The van der Waals surface area contributed by atoms with Crippen LogP contribution < -0.4 is 10.3 Å². The molecule has 0 spiro atoms. The van der Waals surface area contributed by atoms with Crippen LogP contribution in [0.3, 0.4) is 0 Å². The summed E-state index contributed by atoms with van der Waals surface area (Å²) in [4.78, 5) is 43.1. The average Bonchev–Trinajstić information content (AvgIpc) is 3.34. The van der Waals surface area contributed by atoms with Crippen LogP contribution in [0.4, 0.5) is 13.2 Å². The van der Waals surface area contributed by atoms with Gasteiger partial charge in [-0.3, -0.25) is 19.0 Å². The van der Waals surface area contributed by atoms with Crippen LogP contribution in [-0.4, -0.2) is 72.1 Å². The lowest BCUT2D eigenvalue weighted by Crippen LogP contribution is -2.43. The van der Waals surface area contributed by atoms with Crippen LogP contribution >= 0.6 is 11.3 Å². The van der Waals surface area contributed by atoms with Crippen LogP contribution in [-0.2, 0) is 6.54 Å². The van der Waals surface area contributed by atoms with E-state index < -0.39 is 24.2 Å². The van der Waals surface area contributed by atoms with Gasteiger partial charge < -0.3 is 14.5 Å². The Morgan fingerprint density at radius 3 is 2.25 bits per heavy atom. The molecule has 40 heavy (non-hydrogen) atoms. The van der Waals surface area contributed by atoms with Crippen molar-refractivity contribution in [3.8, 4) is 5.75 Å². The fourth-order valence-corrected chi connectivity index (χ4v) is 5.97. The number of rotatable bonds is 11. The van der Waals surface area contributed by atoms with Crippen molar-refractivity contribution in [1.82, 2.24) is 14.4 Å². The van der Waals surface area contributed by atoms with Gasteiger partial charge in [0.15, 0.2) is 11.5 Å². The summed E-state index contributed by atoms with van der Waals surface area (Å²) in [6.07, 6.45) is -4.61. The number of hydrogen-bond acceptors (Lipinski definition) is 6. The fraction of sp³-hybridized carbons (Fsp3) is 0.345. The molecule has 0 aliphatic rings. The summed E-state index contributed by atoms with van der Waals surface area (Å²) in [5.41, 5.74) is 0.347. The highest BCUT2D eigenvalue weighted by molar-refractivity contribution is 7.22. The van der Waals surface area contributed by atoms with Crippen LogP contribution in [0.25, 0.3) is 21.0 Å². The molecule has 0 saturated heterocycles. The maximum atomic E-state index is 13.8. The Kier molecular flexibility index (Phi) is 8.95. The minimum absolute atomic E-state index is 0.0612. The smallest absolute Gasteiger partial charge is 0.406 e. The van der Waals surface area contributed by atoms with E-state index in [2.05, 4.69) is 0 Å². The van der Waals surface area contributed by atoms with Crippen molar-refractivity contribution in [3.05, 3.63) is 75.4 Å². The number of methoxy groups -OCH3 is 1. The summed E-state index contributed by atoms with van der Waals surface area (Å²) in [5, 5.41) is 0.650. The van der Waals surface area contributed by atoms with Crippen molar-refractivity contribution < 1.29 is 27.5 Å². The van der Waals surface area contributed by atoms with Crippen LogP contribution in [0.15, 0.2) is 59.4 Å². The first-order valence-electron chi connectivity index (χ1n) is 12.9. The van der Waals surface area contributed by atoms with Gasteiger partial charge in [0.1, 0.15) is 16.8 Å². The first kappa shape index (κ1) is 29.3. The van der Waals surface area contributed by atoms with E-state index in [0.717, 1.165) is 16.2 Å². The molecule has 212 valence electrons. The predicted molar refractivity (Wildman–Crippen MR) is 151 cm³/mol. The van der Waals surface area contributed by atoms with Crippen molar-refractivity contribution in [2.45, 2.75) is 26.6 Å². The van der Waals surface area contributed by atoms with Gasteiger partial charge in [0, 0.05) is 24.0 Å². The monoisotopic (exact) mass is 573 g/mol. The normalized spacial score (nSPS) is 11.9. The molecule has 2 aromatic heterocycles. The standard InChI is InChI=1S/C29H30F3N3O4S/c1-4-33(5-2)15-16-34(18-29(30,31)32)28(38)26-24(39-3)23-25(40-26)20-13-9-10-14-21(20)35(27(23)37)17-22(36)19-11-7-6-8-12-19/h6-14H,4-5,15-18H2,1-3H3. The lowest BCUT2D eigenvalue weighted by molar-refractivity contribution is -0.141. The maximum Gasteiger partial charge on any atom is 0.406 e. The summed E-state index contributed by atoms with van der Waals surface area (Å²) >= 11 is 0.929. The number of pyridine rings is 1. The van der Waals surface area contributed by atoms with Crippen molar-refractivity contribution in [3.63, 3.8) is 0 Å². The van der Waals surface area contributed by atoms with Gasteiger partial charge in [0.25, 0.3) is 11.5 Å². The predicted octanol–water partition coefficient (Wildman–Crippen LogP) is 5.45. The third kappa shape index (κ3) is 6.05. The second-order valence-electron chi connectivity index (χ2n) is 9.23. The summed E-state index contributed by atoms with van der Waals surface area (Å²) in [7, 11) is 1.27. The number of para-hydroxylation sites is 1. The van der Waals surface area contributed by atoms with E-state index in [4.69, 9.17) is 4.74 Å². The number of carbonyl (C=O) groups is 2. The maximum absolute atomic E-state index is 13.8. The largest absolute Gasteiger partial charge is 0.494 e. The Balaban J connectivity index is 1.86. The third-order valence-corrected chi connectivity index (χ3v) is 7.99. The number of benzene rings is 2. The molecule has 7 nitrogen and oxygen atoms in total.